The van der Waals surface area contributed by atoms with Crippen molar-refractivity contribution in [3.63, 3.8) is 0 Å². The van der Waals surface area contributed by atoms with E-state index in [1.54, 1.807) is 0 Å². The zero-order valence-electron chi connectivity index (χ0n) is 17.6. The molecule has 160 valence electrons. The normalized spacial score (nSPS) is 15.2. The Morgan fingerprint density at radius 3 is 2.54 bits per heavy atom. The highest BCUT2D eigenvalue weighted by molar-refractivity contribution is 14.0. The fourth-order valence-corrected chi connectivity index (χ4v) is 2.98. The summed E-state index contributed by atoms with van der Waals surface area (Å²) in [5.41, 5.74) is 1.29. The fourth-order valence-electron chi connectivity index (χ4n) is 2.98. The lowest BCUT2D eigenvalue weighted by Crippen LogP contribution is -2.39. The molecule has 0 unspecified atom stereocenters. The third-order valence-corrected chi connectivity index (χ3v) is 4.35. The number of guanidine groups is 1. The van der Waals surface area contributed by atoms with Crippen molar-refractivity contribution in [2.45, 2.75) is 39.7 Å². The summed E-state index contributed by atoms with van der Waals surface area (Å²) < 4.78 is 11.1. The van der Waals surface area contributed by atoms with Gasteiger partial charge in [-0.3, -0.25) is 9.89 Å². The minimum absolute atomic E-state index is 0. The molecule has 0 radical (unpaired) electrons. The first-order valence-corrected chi connectivity index (χ1v) is 10.2. The summed E-state index contributed by atoms with van der Waals surface area (Å²) in [6.07, 6.45) is 2.24. The van der Waals surface area contributed by atoms with Crippen LogP contribution < -0.4 is 15.4 Å². The van der Waals surface area contributed by atoms with Crippen molar-refractivity contribution in [3.05, 3.63) is 29.8 Å². The molecule has 1 aliphatic heterocycles. The minimum atomic E-state index is 0. The van der Waals surface area contributed by atoms with Gasteiger partial charge in [0.1, 0.15) is 5.75 Å². The van der Waals surface area contributed by atoms with Gasteiger partial charge in [-0.15, -0.1) is 24.0 Å². The molecule has 28 heavy (non-hydrogen) atoms. The van der Waals surface area contributed by atoms with Crippen LogP contribution in [-0.2, 0) is 11.2 Å². The lowest BCUT2D eigenvalue weighted by Gasteiger charge is -2.26. The third-order valence-electron chi connectivity index (χ3n) is 4.35. The highest BCUT2D eigenvalue weighted by Gasteiger charge is 2.09. The number of morpholine rings is 1. The van der Waals surface area contributed by atoms with Gasteiger partial charge in [-0.1, -0.05) is 12.1 Å². The summed E-state index contributed by atoms with van der Waals surface area (Å²) >= 11 is 0. The van der Waals surface area contributed by atoms with E-state index >= 15 is 0 Å². The fraction of sp³-hybridized carbons (Fsp3) is 0.667. The van der Waals surface area contributed by atoms with Crippen molar-refractivity contribution >= 4 is 29.9 Å². The second kappa shape index (κ2) is 14.9. The van der Waals surface area contributed by atoms with E-state index in [4.69, 9.17) is 14.5 Å². The predicted molar refractivity (Wildman–Crippen MR) is 127 cm³/mol. The first-order chi connectivity index (χ1) is 13.2. The molecule has 1 saturated heterocycles. The van der Waals surface area contributed by atoms with E-state index in [2.05, 4.69) is 34.6 Å². The van der Waals surface area contributed by atoms with Gasteiger partial charge in [0.25, 0.3) is 0 Å². The molecule has 7 heteroatoms. The zero-order chi connectivity index (χ0) is 19.3. The average molecular weight is 504 g/mol. The highest BCUT2D eigenvalue weighted by Crippen LogP contribution is 2.13. The smallest absolute Gasteiger partial charge is 0.191 e. The van der Waals surface area contributed by atoms with E-state index in [-0.39, 0.29) is 30.1 Å². The van der Waals surface area contributed by atoms with Crippen molar-refractivity contribution in [2.24, 2.45) is 4.99 Å². The summed E-state index contributed by atoms with van der Waals surface area (Å²) in [6, 6.07) is 8.35. The summed E-state index contributed by atoms with van der Waals surface area (Å²) in [5.74, 6) is 1.83. The molecule has 0 aliphatic carbocycles. The Morgan fingerprint density at radius 1 is 1.18 bits per heavy atom. The number of hydrogen-bond acceptors (Lipinski definition) is 4. The van der Waals surface area contributed by atoms with E-state index in [1.807, 2.05) is 26.0 Å². The predicted octanol–water partition coefficient (Wildman–Crippen LogP) is 2.91. The highest BCUT2D eigenvalue weighted by atomic mass is 127. The maximum atomic E-state index is 5.69. The second-order valence-corrected chi connectivity index (χ2v) is 7.06. The molecule has 0 atom stereocenters. The molecule has 0 spiro atoms. The van der Waals surface area contributed by atoms with Crippen molar-refractivity contribution in [2.75, 3.05) is 52.5 Å². The van der Waals surface area contributed by atoms with Crippen molar-refractivity contribution in [1.82, 2.24) is 15.5 Å². The first-order valence-electron chi connectivity index (χ1n) is 10.2. The van der Waals surface area contributed by atoms with Crippen molar-refractivity contribution < 1.29 is 9.47 Å². The SMILES string of the molecule is CCNC(=NCCCN1CCOCC1)NCCc1ccc(OC(C)C)cc1.I. The number of benzene rings is 1. The maximum Gasteiger partial charge on any atom is 0.191 e. The maximum absolute atomic E-state index is 5.69. The Hall–Kier alpha value is -1.06. The standard InChI is InChI=1S/C21H36N4O2.HI/c1-4-22-21(23-11-5-13-25-14-16-26-17-15-25)24-12-10-19-6-8-20(9-7-19)27-18(2)3;/h6-9,18H,4-5,10-17H2,1-3H3,(H2,22,23,24);1H. The van der Waals surface area contributed by atoms with E-state index < -0.39 is 0 Å². The number of rotatable bonds is 10. The van der Waals surface area contributed by atoms with Gasteiger partial charge in [0, 0.05) is 39.3 Å². The summed E-state index contributed by atoms with van der Waals surface area (Å²) in [7, 11) is 0. The molecular weight excluding hydrogens is 467 g/mol. The van der Waals surface area contributed by atoms with Crippen LogP contribution in [0.2, 0.25) is 0 Å². The largest absolute Gasteiger partial charge is 0.491 e. The molecule has 0 saturated carbocycles. The van der Waals surface area contributed by atoms with Crippen molar-refractivity contribution in [1.29, 1.82) is 0 Å². The van der Waals surface area contributed by atoms with Crippen LogP contribution in [0.1, 0.15) is 32.8 Å². The third kappa shape index (κ3) is 10.5. The summed E-state index contributed by atoms with van der Waals surface area (Å²) in [4.78, 5) is 7.14. The van der Waals surface area contributed by atoms with Gasteiger partial charge < -0.3 is 20.1 Å². The van der Waals surface area contributed by atoms with E-state index in [0.29, 0.717) is 0 Å². The van der Waals surface area contributed by atoms with Gasteiger partial charge in [-0.25, -0.2) is 0 Å². The van der Waals surface area contributed by atoms with Crippen LogP contribution >= 0.6 is 24.0 Å². The van der Waals surface area contributed by atoms with Crippen molar-refractivity contribution in [3.8, 4) is 5.75 Å². The molecule has 1 aliphatic rings. The molecule has 1 aromatic rings. The Labute approximate surface area is 187 Å². The van der Waals surface area contributed by atoms with Crippen LogP contribution in [0.25, 0.3) is 0 Å². The number of nitrogens with one attached hydrogen (secondary N) is 2. The average Bonchev–Trinajstić information content (AvgIpc) is 2.67. The summed E-state index contributed by atoms with van der Waals surface area (Å²) in [5, 5.41) is 6.75. The van der Waals surface area contributed by atoms with Gasteiger partial charge in [0.15, 0.2) is 5.96 Å². The van der Waals surface area contributed by atoms with E-state index in [9.17, 15) is 0 Å². The molecule has 1 heterocycles. The Kier molecular flexibility index (Phi) is 13.3. The number of hydrogen-bond donors (Lipinski definition) is 2. The lowest BCUT2D eigenvalue weighted by atomic mass is 10.1. The lowest BCUT2D eigenvalue weighted by molar-refractivity contribution is 0.0377. The molecular formula is C21H37IN4O2. The molecule has 2 N–H and O–H groups in total. The number of nitrogens with zero attached hydrogens (tertiary/aromatic N) is 2. The Bertz CT molecular complexity index is 546. The summed E-state index contributed by atoms with van der Waals surface area (Å²) in [6.45, 7) is 13.7. The molecule has 1 fully saturated rings. The Balaban J connectivity index is 0.00000392. The molecule has 6 nitrogen and oxygen atoms in total. The molecule has 2 rings (SSSR count). The number of halogens is 1. The van der Waals surface area contributed by atoms with Gasteiger partial charge in [-0.05, 0) is 51.3 Å². The quantitative estimate of drug-likeness (QED) is 0.222. The number of aliphatic imine (C=N–C) groups is 1. The second-order valence-electron chi connectivity index (χ2n) is 7.06. The monoisotopic (exact) mass is 504 g/mol. The van der Waals surface area contributed by atoms with Crippen LogP contribution in [0.3, 0.4) is 0 Å². The molecule has 0 aromatic heterocycles. The van der Waals surface area contributed by atoms with Gasteiger partial charge in [-0.2, -0.15) is 0 Å². The topological polar surface area (TPSA) is 58.1 Å². The van der Waals surface area contributed by atoms with E-state index in [1.165, 1.54) is 5.56 Å². The minimum Gasteiger partial charge on any atom is -0.491 e. The van der Waals surface area contributed by atoms with Crippen LogP contribution in [0.4, 0.5) is 0 Å². The molecule has 1 aromatic carbocycles. The Morgan fingerprint density at radius 2 is 1.89 bits per heavy atom. The van der Waals surface area contributed by atoms with Gasteiger partial charge in [0.2, 0.25) is 0 Å². The van der Waals surface area contributed by atoms with Crippen LogP contribution in [0.15, 0.2) is 29.3 Å². The van der Waals surface area contributed by atoms with Crippen LogP contribution in [0.5, 0.6) is 5.75 Å². The van der Waals surface area contributed by atoms with E-state index in [0.717, 1.165) is 77.0 Å². The molecule has 0 amide bonds. The van der Waals surface area contributed by atoms with Crippen LogP contribution in [-0.4, -0.2) is 69.4 Å². The van der Waals surface area contributed by atoms with Gasteiger partial charge in [0.05, 0.1) is 19.3 Å². The van der Waals surface area contributed by atoms with Crippen LogP contribution in [0, 0.1) is 0 Å². The molecule has 0 bridgehead atoms. The number of ether oxygens (including phenoxy) is 2. The first kappa shape index (κ1) is 25.0. The van der Waals surface area contributed by atoms with Gasteiger partial charge >= 0.3 is 0 Å². The zero-order valence-corrected chi connectivity index (χ0v) is 19.9.